The number of benzene rings is 1. The Balaban J connectivity index is 1.39. The Morgan fingerprint density at radius 2 is 2.07 bits per heavy atom. The van der Waals surface area contributed by atoms with Gasteiger partial charge in [-0.05, 0) is 24.6 Å². The Morgan fingerprint density at radius 3 is 2.81 bits per heavy atom. The fourth-order valence-corrected chi connectivity index (χ4v) is 3.33. The number of hydrogen-bond acceptors (Lipinski definition) is 5. The molecule has 3 aromatic rings. The number of carbonyl (C=O) groups is 2. The molecule has 1 saturated heterocycles. The summed E-state index contributed by atoms with van der Waals surface area (Å²) in [4.78, 5) is 30.2. The second kappa shape index (κ2) is 7.14. The quantitative estimate of drug-likeness (QED) is 0.739. The van der Waals surface area contributed by atoms with Gasteiger partial charge in [0.25, 0.3) is 11.7 Å². The predicted octanol–water partition coefficient (Wildman–Crippen LogP) is 1.39. The van der Waals surface area contributed by atoms with Crippen molar-refractivity contribution in [2.75, 3.05) is 19.6 Å². The van der Waals surface area contributed by atoms with E-state index in [0.717, 1.165) is 17.7 Å². The van der Waals surface area contributed by atoms with Crippen molar-refractivity contribution in [1.82, 2.24) is 29.8 Å². The van der Waals surface area contributed by atoms with Gasteiger partial charge in [-0.3, -0.25) is 14.0 Å². The van der Waals surface area contributed by atoms with Crippen LogP contribution in [0.5, 0.6) is 0 Å². The van der Waals surface area contributed by atoms with Crippen LogP contribution in [-0.2, 0) is 4.79 Å². The highest BCUT2D eigenvalue weighted by atomic mass is 16.2. The lowest BCUT2D eigenvalue weighted by molar-refractivity contribution is -0.127. The molecule has 0 unspecified atom stereocenters. The van der Waals surface area contributed by atoms with E-state index >= 15 is 0 Å². The third-order valence-corrected chi connectivity index (χ3v) is 4.86. The van der Waals surface area contributed by atoms with Gasteiger partial charge in [0.05, 0.1) is 0 Å². The minimum Gasteiger partial charge on any atom is -0.352 e. The molecule has 1 fully saturated rings. The molecule has 3 heterocycles. The van der Waals surface area contributed by atoms with Crippen LogP contribution < -0.4 is 5.32 Å². The number of rotatable bonds is 5. The maximum absolute atomic E-state index is 12.4. The van der Waals surface area contributed by atoms with E-state index in [4.69, 9.17) is 0 Å². The molecule has 0 radical (unpaired) electrons. The first-order valence-corrected chi connectivity index (χ1v) is 8.96. The van der Waals surface area contributed by atoms with Crippen molar-refractivity contribution in [1.29, 1.82) is 0 Å². The van der Waals surface area contributed by atoms with Crippen molar-refractivity contribution in [2.24, 2.45) is 5.92 Å². The molecular formula is C19H20N6O2. The summed E-state index contributed by atoms with van der Waals surface area (Å²) in [5.74, 6) is 0.764. The van der Waals surface area contributed by atoms with E-state index in [-0.39, 0.29) is 17.7 Å². The molecule has 0 aliphatic carbocycles. The van der Waals surface area contributed by atoms with Crippen LogP contribution >= 0.6 is 0 Å². The number of fused-ring (bicyclic) bond motifs is 1. The first-order chi connectivity index (χ1) is 13.1. The average Bonchev–Trinajstić information content (AvgIpc) is 3.31. The standard InChI is InChI=1S/C19H20N6O2/c1-2-24-10-13(7-17(24)26)8-20-18(27)15-5-3-14(4-6-15)16-9-21-19-23-22-12-25(19)11-16/h3-6,9,11-13H,2,7-8,10H2,1H3,(H,20,27)/t13-/m0/s1. The van der Waals surface area contributed by atoms with Gasteiger partial charge >= 0.3 is 0 Å². The summed E-state index contributed by atoms with van der Waals surface area (Å²) < 4.78 is 1.75. The number of likely N-dealkylation sites (tertiary alicyclic amines) is 1. The highest BCUT2D eigenvalue weighted by molar-refractivity contribution is 5.94. The molecule has 0 bridgehead atoms. The lowest BCUT2D eigenvalue weighted by Crippen LogP contribution is -2.31. The van der Waals surface area contributed by atoms with E-state index in [1.165, 1.54) is 0 Å². The van der Waals surface area contributed by atoms with Crippen LogP contribution in [-0.4, -0.2) is 55.9 Å². The summed E-state index contributed by atoms with van der Waals surface area (Å²) >= 11 is 0. The zero-order valence-electron chi connectivity index (χ0n) is 15.0. The van der Waals surface area contributed by atoms with Crippen LogP contribution in [0.15, 0.2) is 43.0 Å². The predicted molar refractivity (Wildman–Crippen MR) is 98.9 cm³/mol. The normalized spacial score (nSPS) is 16.9. The molecule has 8 heteroatoms. The van der Waals surface area contributed by atoms with Crippen LogP contribution in [0.3, 0.4) is 0 Å². The lowest BCUT2D eigenvalue weighted by atomic mass is 10.1. The molecule has 1 aromatic carbocycles. The van der Waals surface area contributed by atoms with Gasteiger partial charge in [-0.1, -0.05) is 12.1 Å². The van der Waals surface area contributed by atoms with E-state index in [1.54, 1.807) is 29.1 Å². The van der Waals surface area contributed by atoms with Gasteiger partial charge in [-0.2, -0.15) is 0 Å². The lowest BCUT2D eigenvalue weighted by Gasteiger charge is -2.14. The van der Waals surface area contributed by atoms with Gasteiger partial charge in [-0.25, -0.2) is 4.98 Å². The van der Waals surface area contributed by atoms with Crippen molar-refractivity contribution in [3.05, 3.63) is 48.5 Å². The Bertz CT molecular complexity index is 981. The van der Waals surface area contributed by atoms with Crippen molar-refractivity contribution in [3.63, 3.8) is 0 Å². The Kier molecular flexibility index (Phi) is 4.53. The van der Waals surface area contributed by atoms with E-state index in [0.29, 0.717) is 30.9 Å². The minimum atomic E-state index is -0.128. The van der Waals surface area contributed by atoms with Crippen LogP contribution in [0.2, 0.25) is 0 Å². The molecule has 8 nitrogen and oxygen atoms in total. The summed E-state index contributed by atoms with van der Waals surface area (Å²) in [5, 5.41) is 10.6. The smallest absolute Gasteiger partial charge is 0.254 e. The van der Waals surface area contributed by atoms with Gasteiger partial charge in [0, 0.05) is 55.5 Å². The number of nitrogens with zero attached hydrogens (tertiary/aromatic N) is 5. The molecule has 4 rings (SSSR count). The summed E-state index contributed by atoms with van der Waals surface area (Å²) in [6, 6.07) is 7.36. The van der Waals surface area contributed by atoms with Crippen molar-refractivity contribution in [3.8, 4) is 11.1 Å². The maximum Gasteiger partial charge on any atom is 0.254 e. The molecule has 0 spiro atoms. The van der Waals surface area contributed by atoms with E-state index in [2.05, 4.69) is 20.5 Å². The van der Waals surface area contributed by atoms with Crippen molar-refractivity contribution in [2.45, 2.75) is 13.3 Å². The zero-order valence-corrected chi connectivity index (χ0v) is 15.0. The van der Waals surface area contributed by atoms with Crippen LogP contribution in [0.1, 0.15) is 23.7 Å². The molecule has 1 aliphatic rings. The molecule has 27 heavy (non-hydrogen) atoms. The van der Waals surface area contributed by atoms with Gasteiger partial charge in [0.15, 0.2) is 0 Å². The highest BCUT2D eigenvalue weighted by Crippen LogP contribution is 2.20. The molecule has 138 valence electrons. The highest BCUT2D eigenvalue weighted by Gasteiger charge is 2.28. The van der Waals surface area contributed by atoms with Crippen molar-refractivity contribution < 1.29 is 9.59 Å². The Morgan fingerprint density at radius 1 is 1.26 bits per heavy atom. The van der Waals surface area contributed by atoms with Gasteiger partial charge in [0.2, 0.25) is 5.91 Å². The zero-order chi connectivity index (χ0) is 18.8. The number of aromatic nitrogens is 4. The molecular weight excluding hydrogens is 344 g/mol. The van der Waals surface area contributed by atoms with E-state index < -0.39 is 0 Å². The second-order valence-electron chi connectivity index (χ2n) is 6.67. The fraction of sp³-hybridized carbons (Fsp3) is 0.316. The molecule has 1 atom stereocenters. The molecule has 2 aromatic heterocycles. The second-order valence-corrected chi connectivity index (χ2v) is 6.67. The SMILES string of the molecule is CCN1C[C@H](CNC(=O)c2ccc(-c3cnc4nncn4c3)cc2)CC1=O. The number of hydrogen-bond donors (Lipinski definition) is 1. The molecule has 2 amide bonds. The topological polar surface area (TPSA) is 92.5 Å². The largest absolute Gasteiger partial charge is 0.352 e. The monoisotopic (exact) mass is 364 g/mol. The van der Waals surface area contributed by atoms with E-state index in [9.17, 15) is 9.59 Å². The van der Waals surface area contributed by atoms with Crippen molar-refractivity contribution >= 4 is 17.6 Å². The Labute approximate surface area is 156 Å². The van der Waals surface area contributed by atoms with Crippen LogP contribution in [0.4, 0.5) is 0 Å². The van der Waals surface area contributed by atoms with E-state index in [1.807, 2.05) is 30.2 Å². The van der Waals surface area contributed by atoms with Gasteiger partial charge in [0.1, 0.15) is 6.33 Å². The molecule has 1 N–H and O–H groups in total. The first kappa shape index (κ1) is 17.1. The average molecular weight is 364 g/mol. The summed E-state index contributed by atoms with van der Waals surface area (Å²) in [6.07, 6.45) is 5.73. The number of nitrogens with one attached hydrogen (secondary N) is 1. The maximum atomic E-state index is 12.4. The first-order valence-electron chi connectivity index (χ1n) is 8.96. The van der Waals surface area contributed by atoms with Crippen LogP contribution in [0, 0.1) is 5.92 Å². The Hall–Kier alpha value is -3.29. The molecule has 1 aliphatic heterocycles. The third kappa shape index (κ3) is 3.51. The summed E-state index contributed by atoms with van der Waals surface area (Å²) in [5.41, 5.74) is 2.46. The number of carbonyl (C=O) groups excluding carboxylic acids is 2. The minimum absolute atomic E-state index is 0.128. The summed E-state index contributed by atoms with van der Waals surface area (Å²) in [7, 11) is 0. The van der Waals surface area contributed by atoms with Crippen LogP contribution in [0.25, 0.3) is 16.9 Å². The number of amides is 2. The van der Waals surface area contributed by atoms with Gasteiger partial charge in [-0.15, -0.1) is 10.2 Å². The van der Waals surface area contributed by atoms with Gasteiger partial charge < -0.3 is 10.2 Å². The third-order valence-electron chi connectivity index (χ3n) is 4.86. The summed E-state index contributed by atoms with van der Waals surface area (Å²) in [6.45, 7) is 3.92. The fourth-order valence-electron chi connectivity index (χ4n) is 3.33. The molecule has 0 saturated carbocycles.